The molecule has 0 aliphatic rings. The van der Waals surface area contributed by atoms with Crippen molar-refractivity contribution in [3.05, 3.63) is 34.9 Å². The van der Waals surface area contributed by atoms with Crippen molar-refractivity contribution >= 4 is 17.8 Å². The number of amidine groups is 1. The van der Waals surface area contributed by atoms with Crippen molar-refractivity contribution in [2.24, 2.45) is 10.9 Å². The lowest BCUT2D eigenvalue weighted by Crippen LogP contribution is -2.24. The highest BCUT2D eigenvalue weighted by molar-refractivity contribution is 5.98. The fourth-order valence-electron chi connectivity index (χ4n) is 1.86. The zero-order chi connectivity index (χ0) is 19.6. The molecule has 0 radical (unpaired) electrons. The number of aryl methyl sites for hydroxylation is 2. The number of nitrogens with two attached hydrogens (primary N) is 1. The van der Waals surface area contributed by atoms with Crippen molar-refractivity contribution in [2.45, 2.75) is 59.5 Å². The van der Waals surface area contributed by atoms with E-state index in [1.807, 2.05) is 39.8 Å². The third-order valence-electron chi connectivity index (χ3n) is 3.01. The molecule has 7 nitrogen and oxygen atoms in total. The molecule has 1 rings (SSSR count). The van der Waals surface area contributed by atoms with Gasteiger partial charge in [-0.3, -0.25) is 9.59 Å². The third-order valence-corrected chi connectivity index (χ3v) is 3.01. The topological polar surface area (TPSA) is 122 Å². The van der Waals surface area contributed by atoms with Crippen molar-refractivity contribution in [1.82, 2.24) is 0 Å². The maximum atomic E-state index is 11.6. The fourth-order valence-corrected chi connectivity index (χ4v) is 1.86. The molecule has 4 N–H and O–H groups in total. The van der Waals surface area contributed by atoms with Crippen LogP contribution < -0.4 is 5.73 Å². The van der Waals surface area contributed by atoms with Crippen LogP contribution in [0.1, 0.15) is 57.2 Å². The Kier molecular flexibility index (Phi) is 9.27. The third kappa shape index (κ3) is 10.0. The molecule has 1 aromatic rings. The van der Waals surface area contributed by atoms with Crippen LogP contribution >= 0.6 is 0 Å². The Hall–Kier alpha value is -2.57. The minimum atomic E-state index is -0.745. The molecule has 0 saturated heterocycles. The summed E-state index contributed by atoms with van der Waals surface area (Å²) in [5.41, 5.74) is 7.72. The van der Waals surface area contributed by atoms with Gasteiger partial charge in [-0.15, -0.1) is 0 Å². The van der Waals surface area contributed by atoms with Gasteiger partial charge in [0.15, 0.2) is 5.84 Å². The van der Waals surface area contributed by atoms with E-state index in [1.54, 1.807) is 13.0 Å². The molecule has 0 aliphatic carbocycles. The highest BCUT2D eigenvalue weighted by Crippen LogP contribution is 2.14. The highest BCUT2D eigenvalue weighted by Gasteiger charge is 2.16. The van der Waals surface area contributed by atoms with E-state index >= 15 is 0 Å². The van der Waals surface area contributed by atoms with E-state index in [0.717, 1.165) is 11.1 Å². The molecule has 0 saturated carbocycles. The minimum absolute atomic E-state index is 0.0844. The maximum Gasteiger partial charge on any atom is 0.306 e. The van der Waals surface area contributed by atoms with Gasteiger partial charge in [-0.1, -0.05) is 30.3 Å². The van der Waals surface area contributed by atoms with Gasteiger partial charge in [0.2, 0.25) is 0 Å². The predicted octanol–water partition coefficient (Wildman–Crippen LogP) is 2.84. The van der Waals surface area contributed by atoms with Gasteiger partial charge in [-0.2, -0.15) is 0 Å². The van der Waals surface area contributed by atoms with E-state index in [1.165, 1.54) is 0 Å². The molecular weight excluding hydrogens is 324 g/mol. The van der Waals surface area contributed by atoms with Crippen LogP contribution in [-0.2, 0) is 20.7 Å². The number of benzene rings is 1. The van der Waals surface area contributed by atoms with Crippen molar-refractivity contribution in [1.29, 1.82) is 0 Å². The van der Waals surface area contributed by atoms with Crippen molar-refractivity contribution in [3.63, 3.8) is 0 Å². The molecule has 0 aliphatic heterocycles. The number of carbonyl (C=O) groups is 2. The van der Waals surface area contributed by atoms with Crippen molar-refractivity contribution in [2.75, 3.05) is 0 Å². The lowest BCUT2D eigenvalue weighted by Gasteiger charge is -2.19. The summed E-state index contributed by atoms with van der Waals surface area (Å²) in [6.45, 7) is 9.02. The Labute approximate surface area is 148 Å². The average Bonchev–Trinajstić information content (AvgIpc) is 2.51. The minimum Gasteiger partial charge on any atom is -0.481 e. The number of carboxylic acids is 1. The van der Waals surface area contributed by atoms with Crippen molar-refractivity contribution < 1.29 is 24.6 Å². The summed E-state index contributed by atoms with van der Waals surface area (Å²) in [6, 6.07) is 5.58. The Morgan fingerprint density at radius 1 is 1.28 bits per heavy atom. The second-order valence-electron chi connectivity index (χ2n) is 6.47. The summed E-state index contributed by atoms with van der Waals surface area (Å²) in [5, 5.41) is 19.4. The monoisotopic (exact) mass is 352 g/mol. The van der Waals surface area contributed by atoms with Gasteiger partial charge in [0.25, 0.3) is 0 Å². The number of aliphatic carboxylic acids is 1. The number of esters is 1. The number of carbonyl (C=O) groups excluding carboxylic acids is 1. The first kappa shape index (κ1) is 22.4. The Balaban J connectivity index is 0.00000101. The van der Waals surface area contributed by atoms with Crippen LogP contribution in [0.2, 0.25) is 0 Å². The number of nitrogens with zero attached hydrogens (tertiary/aromatic N) is 1. The van der Waals surface area contributed by atoms with Crippen molar-refractivity contribution in [3.8, 4) is 0 Å². The quantitative estimate of drug-likeness (QED) is 0.246. The van der Waals surface area contributed by atoms with Gasteiger partial charge in [0.05, 0.1) is 0 Å². The average molecular weight is 352 g/mol. The predicted molar refractivity (Wildman–Crippen MR) is 95.8 cm³/mol. The number of carboxylic acid groups (broad SMARTS) is 1. The second-order valence-corrected chi connectivity index (χ2v) is 6.47. The molecule has 25 heavy (non-hydrogen) atoms. The molecule has 0 amide bonds. The van der Waals surface area contributed by atoms with E-state index in [2.05, 4.69) is 5.16 Å². The standard InChI is InChI=1S/C15H22N2O3.C3H6O2/c1-10-9-11(5-7-12(10)14(16)17-19)6-8-13(18)20-15(2,3)4;1-2-3(4)5/h5,7,9,19H,6,8H2,1-4H3,(H2,16,17);2H2,1H3,(H,4,5). The van der Waals surface area contributed by atoms with Gasteiger partial charge in [0.1, 0.15) is 5.60 Å². The number of hydrogen-bond donors (Lipinski definition) is 3. The summed E-state index contributed by atoms with van der Waals surface area (Å²) in [5.74, 6) is -0.873. The van der Waals surface area contributed by atoms with Crippen LogP contribution in [0, 0.1) is 6.92 Å². The molecule has 0 spiro atoms. The van der Waals surface area contributed by atoms with Gasteiger partial charge in [-0.05, 0) is 45.2 Å². The van der Waals surface area contributed by atoms with Gasteiger partial charge in [-0.25, -0.2) is 0 Å². The van der Waals surface area contributed by atoms with Gasteiger partial charge >= 0.3 is 11.9 Å². The van der Waals surface area contributed by atoms with E-state index in [0.29, 0.717) is 18.4 Å². The van der Waals surface area contributed by atoms with Crippen LogP contribution in [0.4, 0.5) is 0 Å². The van der Waals surface area contributed by atoms with Crippen LogP contribution in [0.5, 0.6) is 0 Å². The zero-order valence-corrected chi connectivity index (χ0v) is 15.5. The summed E-state index contributed by atoms with van der Waals surface area (Å²) >= 11 is 0. The number of oxime groups is 1. The zero-order valence-electron chi connectivity index (χ0n) is 15.5. The lowest BCUT2D eigenvalue weighted by molar-refractivity contribution is -0.154. The van der Waals surface area contributed by atoms with E-state index < -0.39 is 11.6 Å². The molecule has 0 unspecified atom stereocenters. The molecule has 0 bridgehead atoms. The van der Waals surface area contributed by atoms with Crippen LogP contribution in [0.25, 0.3) is 0 Å². The van der Waals surface area contributed by atoms with Gasteiger partial charge < -0.3 is 20.8 Å². The number of hydrogen-bond acceptors (Lipinski definition) is 5. The molecule has 0 aromatic heterocycles. The van der Waals surface area contributed by atoms with Gasteiger partial charge in [0, 0.05) is 18.4 Å². The first-order chi connectivity index (χ1) is 11.5. The second kappa shape index (κ2) is 10.3. The molecule has 0 heterocycles. The summed E-state index contributed by atoms with van der Waals surface area (Å²) in [4.78, 5) is 21.0. The van der Waals surface area contributed by atoms with Crippen LogP contribution in [0.15, 0.2) is 23.4 Å². The maximum absolute atomic E-state index is 11.6. The SMILES string of the molecule is CCC(=O)O.Cc1cc(CCC(=O)OC(C)(C)C)ccc1C(N)=NO. The first-order valence-corrected chi connectivity index (χ1v) is 8.01. The van der Waals surface area contributed by atoms with Crippen LogP contribution in [-0.4, -0.2) is 33.7 Å². The largest absolute Gasteiger partial charge is 0.481 e. The van der Waals surface area contributed by atoms with Crippen LogP contribution in [0.3, 0.4) is 0 Å². The molecule has 1 aromatic carbocycles. The molecule has 7 heteroatoms. The summed E-state index contributed by atoms with van der Waals surface area (Å²) in [6.07, 6.45) is 1.16. The van der Waals surface area contributed by atoms with E-state index in [4.69, 9.17) is 20.8 Å². The van der Waals surface area contributed by atoms with E-state index in [9.17, 15) is 9.59 Å². The smallest absolute Gasteiger partial charge is 0.306 e. The molecular formula is C18H28N2O5. The summed E-state index contributed by atoms with van der Waals surface area (Å²) < 4.78 is 5.26. The Bertz CT molecular complexity index is 618. The number of rotatable bonds is 5. The van der Waals surface area contributed by atoms with E-state index in [-0.39, 0.29) is 18.2 Å². The lowest BCUT2D eigenvalue weighted by atomic mass is 10.0. The Morgan fingerprint density at radius 3 is 2.24 bits per heavy atom. The first-order valence-electron chi connectivity index (χ1n) is 8.01. The summed E-state index contributed by atoms with van der Waals surface area (Å²) in [7, 11) is 0. The Morgan fingerprint density at radius 2 is 1.84 bits per heavy atom. The fraction of sp³-hybridized carbons (Fsp3) is 0.500. The molecule has 140 valence electrons. The molecule has 0 atom stereocenters. The normalized spacial score (nSPS) is 11.3. The number of ether oxygens (including phenoxy) is 1. The highest BCUT2D eigenvalue weighted by atomic mass is 16.6. The molecule has 0 fully saturated rings.